The zero-order chi connectivity index (χ0) is 17.1. The van der Waals surface area contributed by atoms with Crippen LogP contribution in [0.15, 0.2) is 18.6 Å². The van der Waals surface area contributed by atoms with Gasteiger partial charge in [0.15, 0.2) is 0 Å². The minimum Gasteiger partial charge on any atom is -0.377 e. The minimum absolute atomic E-state index is 0.0930. The lowest BCUT2D eigenvalue weighted by Gasteiger charge is -2.31. The monoisotopic (exact) mass is 346 g/mol. The number of hydrogen-bond donors (Lipinski definition) is 0. The van der Waals surface area contributed by atoms with Crippen molar-refractivity contribution >= 4 is 5.91 Å². The molecule has 1 amide bonds. The molecule has 1 spiro atoms. The SMILES string of the molecule is O=C(c1cnccn1)N1CCOC[C@@]2(C[C@H](CN3CCCC3)CO2)C1. The van der Waals surface area contributed by atoms with Crippen molar-refractivity contribution in [1.82, 2.24) is 19.8 Å². The maximum atomic E-state index is 12.8. The molecule has 0 bridgehead atoms. The summed E-state index contributed by atoms with van der Waals surface area (Å²) in [6, 6.07) is 0. The van der Waals surface area contributed by atoms with Crippen LogP contribution in [0.3, 0.4) is 0 Å². The molecule has 3 saturated heterocycles. The van der Waals surface area contributed by atoms with Gasteiger partial charge in [0.2, 0.25) is 0 Å². The number of ether oxygens (including phenoxy) is 2. The Hall–Kier alpha value is -1.57. The second-order valence-corrected chi connectivity index (χ2v) is 7.44. The minimum atomic E-state index is -0.376. The van der Waals surface area contributed by atoms with Crippen molar-refractivity contribution in [2.75, 3.05) is 52.5 Å². The second-order valence-electron chi connectivity index (χ2n) is 7.44. The van der Waals surface area contributed by atoms with Crippen LogP contribution in [0.4, 0.5) is 0 Å². The summed E-state index contributed by atoms with van der Waals surface area (Å²) in [5.41, 5.74) is 0.00448. The highest BCUT2D eigenvalue weighted by atomic mass is 16.5. The molecule has 0 aromatic carbocycles. The molecule has 0 radical (unpaired) electrons. The van der Waals surface area contributed by atoms with E-state index in [-0.39, 0.29) is 11.5 Å². The predicted octanol–water partition coefficient (Wildman–Crippen LogP) is 0.820. The van der Waals surface area contributed by atoms with Crippen LogP contribution < -0.4 is 0 Å². The van der Waals surface area contributed by atoms with Gasteiger partial charge in [-0.1, -0.05) is 0 Å². The highest BCUT2D eigenvalue weighted by Gasteiger charge is 2.44. The highest BCUT2D eigenvalue weighted by Crippen LogP contribution is 2.34. The van der Waals surface area contributed by atoms with Gasteiger partial charge in [0.25, 0.3) is 5.91 Å². The van der Waals surface area contributed by atoms with Crippen LogP contribution in [0.2, 0.25) is 0 Å². The van der Waals surface area contributed by atoms with Crippen LogP contribution in [0, 0.1) is 5.92 Å². The Kier molecular flexibility index (Phi) is 4.96. The normalized spacial score (nSPS) is 30.7. The highest BCUT2D eigenvalue weighted by molar-refractivity contribution is 5.92. The number of likely N-dealkylation sites (tertiary alicyclic amines) is 1. The molecule has 4 heterocycles. The summed E-state index contributed by atoms with van der Waals surface area (Å²) < 4.78 is 12.0. The van der Waals surface area contributed by atoms with Gasteiger partial charge in [-0.15, -0.1) is 0 Å². The summed E-state index contributed by atoms with van der Waals surface area (Å²) in [6.45, 7) is 6.50. The third-order valence-electron chi connectivity index (χ3n) is 5.42. The molecule has 0 aliphatic carbocycles. The van der Waals surface area contributed by atoms with Gasteiger partial charge in [-0.3, -0.25) is 9.78 Å². The number of carbonyl (C=O) groups excluding carboxylic acids is 1. The van der Waals surface area contributed by atoms with Crippen LogP contribution in [0.1, 0.15) is 29.8 Å². The van der Waals surface area contributed by atoms with Gasteiger partial charge in [0.05, 0.1) is 32.6 Å². The standard InChI is InChI=1S/C18H26N4O3/c23-17(16-10-19-3-4-20-16)22-7-8-24-14-18(13-22)9-15(12-25-18)11-21-5-1-2-6-21/h3-4,10,15H,1-2,5-9,11-14H2/t15-,18-/m1/s1. The molecular formula is C18H26N4O3. The van der Waals surface area contributed by atoms with Crippen molar-refractivity contribution in [2.24, 2.45) is 5.92 Å². The van der Waals surface area contributed by atoms with E-state index in [9.17, 15) is 4.79 Å². The smallest absolute Gasteiger partial charge is 0.274 e. The van der Waals surface area contributed by atoms with Crippen molar-refractivity contribution in [1.29, 1.82) is 0 Å². The quantitative estimate of drug-likeness (QED) is 0.807. The van der Waals surface area contributed by atoms with Gasteiger partial charge >= 0.3 is 0 Å². The molecule has 3 aliphatic rings. The maximum Gasteiger partial charge on any atom is 0.274 e. The van der Waals surface area contributed by atoms with E-state index in [1.807, 2.05) is 4.90 Å². The summed E-state index contributed by atoms with van der Waals surface area (Å²) in [5.74, 6) is 0.429. The topological polar surface area (TPSA) is 67.8 Å². The van der Waals surface area contributed by atoms with E-state index in [1.54, 1.807) is 12.4 Å². The predicted molar refractivity (Wildman–Crippen MR) is 91.2 cm³/mol. The van der Waals surface area contributed by atoms with Crippen molar-refractivity contribution in [3.63, 3.8) is 0 Å². The molecule has 136 valence electrons. The first-order valence-corrected chi connectivity index (χ1v) is 9.23. The molecule has 7 nitrogen and oxygen atoms in total. The molecule has 1 aromatic heterocycles. The lowest BCUT2D eigenvalue weighted by molar-refractivity contribution is -0.0539. The van der Waals surface area contributed by atoms with Crippen LogP contribution in [-0.2, 0) is 9.47 Å². The van der Waals surface area contributed by atoms with E-state index in [1.165, 1.54) is 32.1 Å². The summed E-state index contributed by atoms with van der Waals surface area (Å²) in [7, 11) is 0. The number of hydrogen-bond acceptors (Lipinski definition) is 6. The first kappa shape index (κ1) is 16.9. The van der Waals surface area contributed by atoms with Crippen molar-refractivity contribution in [3.8, 4) is 0 Å². The van der Waals surface area contributed by atoms with Crippen LogP contribution in [0.5, 0.6) is 0 Å². The molecule has 0 unspecified atom stereocenters. The Balaban J connectivity index is 1.42. The van der Waals surface area contributed by atoms with Crippen LogP contribution in [0.25, 0.3) is 0 Å². The molecule has 3 fully saturated rings. The molecule has 2 atom stereocenters. The van der Waals surface area contributed by atoms with Crippen LogP contribution in [-0.4, -0.2) is 83.8 Å². The number of nitrogens with zero attached hydrogens (tertiary/aromatic N) is 4. The summed E-state index contributed by atoms with van der Waals surface area (Å²) in [5, 5.41) is 0. The molecule has 3 aliphatic heterocycles. The van der Waals surface area contributed by atoms with E-state index in [2.05, 4.69) is 14.9 Å². The largest absolute Gasteiger partial charge is 0.377 e. The van der Waals surface area contributed by atoms with Gasteiger partial charge in [-0.2, -0.15) is 0 Å². The lowest BCUT2D eigenvalue weighted by atomic mass is 9.94. The molecule has 0 N–H and O–H groups in total. The van der Waals surface area contributed by atoms with Gasteiger partial charge in [0, 0.05) is 25.5 Å². The summed E-state index contributed by atoms with van der Waals surface area (Å²) in [6.07, 6.45) is 8.22. The van der Waals surface area contributed by atoms with E-state index in [0.717, 1.165) is 19.6 Å². The average molecular weight is 346 g/mol. The van der Waals surface area contributed by atoms with Gasteiger partial charge in [-0.25, -0.2) is 4.98 Å². The first-order valence-electron chi connectivity index (χ1n) is 9.23. The van der Waals surface area contributed by atoms with Crippen molar-refractivity contribution in [3.05, 3.63) is 24.3 Å². The van der Waals surface area contributed by atoms with E-state index in [4.69, 9.17) is 9.47 Å². The zero-order valence-electron chi connectivity index (χ0n) is 14.6. The zero-order valence-corrected chi connectivity index (χ0v) is 14.6. The fraction of sp³-hybridized carbons (Fsp3) is 0.722. The Bertz CT molecular complexity index is 593. The number of carbonyl (C=O) groups is 1. The van der Waals surface area contributed by atoms with Crippen molar-refractivity contribution in [2.45, 2.75) is 24.9 Å². The molecule has 7 heteroatoms. The van der Waals surface area contributed by atoms with Crippen LogP contribution >= 0.6 is 0 Å². The third kappa shape index (κ3) is 3.83. The fourth-order valence-corrected chi connectivity index (χ4v) is 4.25. The molecule has 4 rings (SSSR count). The summed E-state index contributed by atoms with van der Waals surface area (Å²) >= 11 is 0. The lowest BCUT2D eigenvalue weighted by Crippen LogP contribution is -2.46. The molecule has 1 aromatic rings. The van der Waals surface area contributed by atoms with E-state index < -0.39 is 0 Å². The Labute approximate surface area is 148 Å². The Morgan fingerprint density at radius 3 is 2.96 bits per heavy atom. The van der Waals surface area contributed by atoms with Crippen molar-refractivity contribution < 1.29 is 14.3 Å². The Morgan fingerprint density at radius 2 is 2.16 bits per heavy atom. The van der Waals surface area contributed by atoms with Gasteiger partial charge < -0.3 is 19.3 Å². The summed E-state index contributed by atoms with van der Waals surface area (Å²) in [4.78, 5) is 25.3. The first-order chi connectivity index (χ1) is 12.2. The van der Waals surface area contributed by atoms with Gasteiger partial charge in [-0.05, 0) is 38.3 Å². The average Bonchev–Trinajstić information content (AvgIpc) is 3.23. The third-order valence-corrected chi connectivity index (χ3v) is 5.42. The molecule has 25 heavy (non-hydrogen) atoms. The van der Waals surface area contributed by atoms with E-state index >= 15 is 0 Å². The fourth-order valence-electron chi connectivity index (χ4n) is 4.25. The second kappa shape index (κ2) is 7.35. The Morgan fingerprint density at radius 1 is 1.28 bits per heavy atom. The number of amides is 1. The number of rotatable bonds is 3. The molecular weight excluding hydrogens is 320 g/mol. The number of aromatic nitrogens is 2. The maximum absolute atomic E-state index is 12.8. The van der Waals surface area contributed by atoms with Gasteiger partial charge in [0.1, 0.15) is 11.3 Å². The molecule has 0 saturated carbocycles. The van der Waals surface area contributed by atoms with E-state index in [0.29, 0.717) is 37.9 Å².